The van der Waals surface area contributed by atoms with Crippen LogP contribution in [0.2, 0.25) is 0 Å². The van der Waals surface area contributed by atoms with E-state index >= 15 is 0 Å². The van der Waals surface area contributed by atoms with E-state index in [1.165, 1.54) is 11.3 Å². The highest BCUT2D eigenvalue weighted by Gasteiger charge is 2.38. The quantitative estimate of drug-likeness (QED) is 0.508. The van der Waals surface area contributed by atoms with Gasteiger partial charge in [0.05, 0.1) is 12.3 Å². The molecule has 2 heterocycles. The number of carbonyl (C=O) groups is 3. The summed E-state index contributed by atoms with van der Waals surface area (Å²) in [4.78, 5) is 41.8. The van der Waals surface area contributed by atoms with Crippen molar-refractivity contribution >= 4 is 35.3 Å². The largest absolute Gasteiger partial charge is 0.494 e. The van der Waals surface area contributed by atoms with Crippen molar-refractivity contribution in [3.63, 3.8) is 0 Å². The summed E-state index contributed by atoms with van der Waals surface area (Å²) < 4.78 is 5.49. The van der Waals surface area contributed by atoms with Crippen LogP contribution in [0.15, 0.2) is 48.0 Å². The average Bonchev–Trinajstić information content (AvgIpc) is 2.77. The number of barbiturate groups is 1. The van der Waals surface area contributed by atoms with Crippen LogP contribution >= 0.6 is 0 Å². The molecule has 1 N–H and O–H groups in total. The molecule has 0 unspecified atom stereocenters. The first-order chi connectivity index (χ1) is 16.2. The molecule has 4 rings (SSSR count). The molecule has 1 fully saturated rings. The lowest BCUT2D eigenvalue weighted by molar-refractivity contribution is -0.122. The Kier molecular flexibility index (Phi) is 6.21. The van der Waals surface area contributed by atoms with Gasteiger partial charge in [0.1, 0.15) is 11.3 Å². The van der Waals surface area contributed by atoms with Crippen LogP contribution in [0.4, 0.5) is 16.2 Å². The van der Waals surface area contributed by atoms with Crippen LogP contribution in [0, 0.1) is 0 Å². The monoisotopic (exact) mass is 461 g/mol. The van der Waals surface area contributed by atoms with Crippen molar-refractivity contribution in [3.8, 4) is 5.75 Å². The van der Waals surface area contributed by atoms with Crippen molar-refractivity contribution in [3.05, 3.63) is 59.2 Å². The van der Waals surface area contributed by atoms with E-state index in [-0.39, 0.29) is 11.1 Å². The van der Waals surface area contributed by atoms with E-state index in [1.54, 1.807) is 30.3 Å². The predicted octanol–water partition coefficient (Wildman–Crippen LogP) is 4.86. The summed E-state index contributed by atoms with van der Waals surface area (Å²) in [6, 6.07) is 11.9. The Labute approximate surface area is 200 Å². The van der Waals surface area contributed by atoms with Crippen molar-refractivity contribution < 1.29 is 19.1 Å². The standard InChI is InChI=1S/C27H31N3O4/c1-6-29-23-12-11-18(13-21(23)17(3)16-27(29,4)5)14-22-24(31)28-26(33)30(25(22)32)19-9-8-10-20(15-19)34-7-2/h8-15,17H,6-7,16H2,1-5H3,(H,28,31,33)/b22-14+/t17-/m1/s1. The lowest BCUT2D eigenvalue weighted by atomic mass is 9.79. The van der Waals surface area contributed by atoms with E-state index in [0.29, 0.717) is 24.0 Å². The molecule has 7 nitrogen and oxygen atoms in total. The number of carbonyl (C=O) groups excluding carboxylic acids is 3. The van der Waals surface area contributed by atoms with Gasteiger partial charge in [0.25, 0.3) is 11.8 Å². The van der Waals surface area contributed by atoms with Gasteiger partial charge in [-0.3, -0.25) is 14.9 Å². The number of hydrogen-bond acceptors (Lipinski definition) is 5. The summed E-state index contributed by atoms with van der Waals surface area (Å²) in [7, 11) is 0. The maximum absolute atomic E-state index is 13.3. The van der Waals surface area contributed by atoms with Crippen LogP contribution in [0.1, 0.15) is 58.1 Å². The molecule has 7 heteroatoms. The predicted molar refractivity (Wildman–Crippen MR) is 133 cm³/mol. The van der Waals surface area contributed by atoms with E-state index < -0.39 is 17.8 Å². The topological polar surface area (TPSA) is 79.0 Å². The molecule has 2 aromatic carbocycles. The molecule has 0 saturated carbocycles. The smallest absolute Gasteiger partial charge is 0.335 e. The van der Waals surface area contributed by atoms with Gasteiger partial charge in [0.15, 0.2) is 0 Å². The number of nitrogens with one attached hydrogen (secondary N) is 1. The highest BCUT2D eigenvalue weighted by molar-refractivity contribution is 6.39. The highest BCUT2D eigenvalue weighted by Crippen LogP contribution is 2.43. The zero-order valence-electron chi connectivity index (χ0n) is 20.3. The van der Waals surface area contributed by atoms with E-state index in [2.05, 4.69) is 44.0 Å². The van der Waals surface area contributed by atoms with Crippen LogP contribution < -0.4 is 19.9 Å². The van der Waals surface area contributed by atoms with Crippen molar-refractivity contribution in [2.24, 2.45) is 0 Å². The molecule has 0 aromatic heterocycles. The van der Waals surface area contributed by atoms with Crippen LogP contribution in [0.25, 0.3) is 6.08 Å². The first-order valence-corrected chi connectivity index (χ1v) is 11.7. The second kappa shape index (κ2) is 8.97. The number of fused-ring (bicyclic) bond motifs is 1. The van der Waals surface area contributed by atoms with Gasteiger partial charge in [-0.2, -0.15) is 0 Å². The molecular weight excluding hydrogens is 430 g/mol. The van der Waals surface area contributed by atoms with Crippen molar-refractivity contribution in [2.45, 2.75) is 52.5 Å². The molecule has 0 spiro atoms. The number of hydrogen-bond donors (Lipinski definition) is 1. The third kappa shape index (κ3) is 4.18. The third-order valence-corrected chi connectivity index (χ3v) is 6.53. The Balaban J connectivity index is 1.71. The molecule has 0 radical (unpaired) electrons. The van der Waals surface area contributed by atoms with Crippen LogP contribution in [-0.4, -0.2) is 36.5 Å². The number of benzene rings is 2. The van der Waals surface area contributed by atoms with Gasteiger partial charge in [-0.25, -0.2) is 9.69 Å². The number of nitrogens with zero attached hydrogens (tertiary/aromatic N) is 2. The second-order valence-corrected chi connectivity index (χ2v) is 9.37. The van der Waals surface area contributed by atoms with E-state index in [1.807, 2.05) is 19.1 Å². The van der Waals surface area contributed by atoms with E-state index in [4.69, 9.17) is 4.74 Å². The van der Waals surface area contributed by atoms with Crippen molar-refractivity contribution in [1.29, 1.82) is 0 Å². The Morgan fingerprint density at radius 3 is 2.59 bits per heavy atom. The minimum atomic E-state index is -0.777. The van der Waals surface area contributed by atoms with E-state index in [0.717, 1.165) is 23.4 Å². The second-order valence-electron chi connectivity index (χ2n) is 9.37. The van der Waals surface area contributed by atoms with Crippen LogP contribution in [0.5, 0.6) is 5.75 Å². The molecule has 0 bridgehead atoms. The third-order valence-electron chi connectivity index (χ3n) is 6.53. The molecule has 1 atom stereocenters. The zero-order chi connectivity index (χ0) is 24.6. The number of imide groups is 2. The molecule has 178 valence electrons. The van der Waals surface area contributed by atoms with Gasteiger partial charge in [-0.05, 0) is 81.5 Å². The van der Waals surface area contributed by atoms with Gasteiger partial charge >= 0.3 is 6.03 Å². The molecule has 4 amide bonds. The van der Waals surface area contributed by atoms with Gasteiger partial charge in [-0.15, -0.1) is 0 Å². The van der Waals surface area contributed by atoms with Crippen LogP contribution in [-0.2, 0) is 9.59 Å². The van der Waals surface area contributed by atoms with Gasteiger partial charge in [-0.1, -0.05) is 19.1 Å². The fraction of sp³-hybridized carbons (Fsp3) is 0.370. The lowest BCUT2D eigenvalue weighted by Crippen LogP contribution is -2.54. The van der Waals surface area contributed by atoms with Crippen molar-refractivity contribution in [1.82, 2.24) is 5.32 Å². The number of ether oxygens (including phenoxy) is 1. The first-order valence-electron chi connectivity index (χ1n) is 11.7. The number of anilines is 2. The van der Waals surface area contributed by atoms with Crippen molar-refractivity contribution in [2.75, 3.05) is 23.0 Å². The molecule has 34 heavy (non-hydrogen) atoms. The minimum Gasteiger partial charge on any atom is -0.494 e. The number of amides is 4. The Bertz CT molecular complexity index is 1180. The minimum absolute atomic E-state index is 0.0528. The maximum atomic E-state index is 13.3. The Hall–Kier alpha value is -3.61. The maximum Gasteiger partial charge on any atom is 0.335 e. The fourth-order valence-electron chi connectivity index (χ4n) is 5.13. The molecule has 1 saturated heterocycles. The van der Waals surface area contributed by atoms with Gasteiger partial charge in [0.2, 0.25) is 0 Å². The van der Waals surface area contributed by atoms with E-state index in [9.17, 15) is 14.4 Å². The molecular formula is C27H31N3O4. The summed E-state index contributed by atoms with van der Waals surface area (Å²) in [5.74, 6) is -0.490. The molecule has 0 aliphatic carbocycles. The zero-order valence-corrected chi connectivity index (χ0v) is 20.3. The number of urea groups is 1. The average molecular weight is 462 g/mol. The summed E-state index contributed by atoms with van der Waals surface area (Å²) in [5, 5.41) is 2.29. The first kappa shape index (κ1) is 23.5. The molecule has 2 aromatic rings. The molecule has 2 aliphatic heterocycles. The van der Waals surface area contributed by atoms with Gasteiger partial charge < -0.3 is 9.64 Å². The van der Waals surface area contributed by atoms with Gasteiger partial charge in [0, 0.05) is 23.8 Å². The normalized spacial score (nSPS) is 20.9. The Morgan fingerprint density at radius 2 is 1.88 bits per heavy atom. The summed E-state index contributed by atoms with van der Waals surface area (Å²) in [6.45, 7) is 12.1. The lowest BCUT2D eigenvalue weighted by Gasteiger charge is -2.47. The Morgan fingerprint density at radius 1 is 1.12 bits per heavy atom. The fourth-order valence-corrected chi connectivity index (χ4v) is 5.13. The summed E-state index contributed by atoms with van der Waals surface area (Å²) in [6.07, 6.45) is 2.57. The highest BCUT2D eigenvalue weighted by atomic mass is 16.5. The summed E-state index contributed by atoms with van der Waals surface area (Å²) in [5.41, 5.74) is 3.42. The summed E-state index contributed by atoms with van der Waals surface area (Å²) >= 11 is 0. The number of rotatable bonds is 5. The SMILES string of the molecule is CCOc1cccc(N2C(=O)NC(=O)/C(=C\c3ccc4c(c3)[C@H](C)CC(C)(C)N4CC)C2=O)c1. The molecule has 2 aliphatic rings. The van der Waals surface area contributed by atoms with Crippen LogP contribution in [0.3, 0.4) is 0 Å².